The second-order valence-corrected chi connectivity index (χ2v) is 7.25. The number of hydrogen-bond acceptors (Lipinski definition) is 6. The average molecular weight is 392 g/mol. The van der Waals surface area contributed by atoms with E-state index in [4.69, 9.17) is 9.47 Å². The Morgan fingerprint density at radius 1 is 1.04 bits per heavy atom. The third-order valence-corrected chi connectivity index (χ3v) is 3.82. The van der Waals surface area contributed by atoms with Crippen LogP contribution in [0.15, 0.2) is 48.5 Å². The lowest BCUT2D eigenvalue weighted by atomic mass is 10.2. The maximum Gasteiger partial charge on any atom is 0.340 e. The van der Waals surface area contributed by atoms with Crippen molar-refractivity contribution in [1.29, 1.82) is 0 Å². The van der Waals surface area contributed by atoms with Crippen LogP contribution in [0.5, 0.6) is 5.75 Å². The summed E-state index contributed by atoms with van der Waals surface area (Å²) in [6.07, 6.45) is 0.972. The van der Waals surface area contributed by atoms with Gasteiger partial charge in [-0.2, -0.15) is 0 Å². The van der Waals surface area contributed by atoms with E-state index >= 15 is 0 Å². The highest BCUT2D eigenvalue weighted by Gasteiger charge is 2.16. The first-order chi connectivity index (χ1) is 12.8. The molecular weight excluding hydrogens is 372 g/mol. The Balaban J connectivity index is 1.94. The zero-order chi connectivity index (χ0) is 19.9. The van der Waals surface area contributed by atoms with Crippen LogP contribution in [0.2, 0.25) is 0 Å². The number of esters is 1. The topological polar surface area (TPSA) is 111 Å². The zero-order valence-corrected chi connectivity index (χ0v) is 15.7. The van der Waals surface area contributed by atoms with E-state index in [1.54, 1.807) is 36.4 Å². The van der Waals surface area contributed by atoms with Crippen LogP contribution < -0.4 is 14.8 Å². The van der Waals surface area contributed by atoms with E-state index in [2.05, 4.69) is 10.0 Å². The van der Waals surface area contributed by atoms with Crippen molar-refractivity contribution in [3.8, 4) is 5.75 Å². The van der Waals surface area contributed by atoms with E-state index in [0.29, 0.717) is 18.0 Å². The van der Waals surface area contributed by atoms with Crippen molar-refractivity contribution >= 4 is 33.3 Å². The molecule has 0 heterocycles. The van der Waals surface area contributed by atoms with E-state index in [9.17, 15) is 18.0 Å². The third kappa shape index (κ3) is 6.63. The highest BCUT2D eigenvalue weighted by Crippen LogP contribution is 2.18. The molecule has 8 nitrogen and oxygen atoms in total. The molecule has 0 fully saturated rings. The monoisotopic (exact) mass is 392 g/mol. The molecule has 2 aromatic rings. The molecule has 0 atom stereocenters. The molecule has 2 aromatic carbocycles. The van der Waals surface area contributed by atoms with Crippen LogP contribution in [0.25, 0.3) is 0 Å². The highest BCUT2D eigenvalue weighted by atomic mass is 32.2. The second-order valence-electron chi connectivity index (χ2n) is 5.50. The second kappa shape index (κ2) is 9.04. The quantitative estimate of drug-likeness (QED) is 0.667. The molecule has 0 unspecified atom stereocenters. The number of carbonyl (C=O) groups excluding carboxylic acids is 2. The van der Waals surface area contributed by atoms with Gasteiger partial charge in [0.25, 0.3) is 5.91 Å². The van der Waals surface area contributed by atoms with Crippen LogP contribution in [0.1, 0.15) is 17.3 Å². The van der Waals surface area contributed by atoms with Crippen molar-refractivity contribution in [1.82, 2.24) is 0 Å². The fourth-order valence-electron chi connectivity index (χ4n) is 2.16. The molecule has 0 aliphatic rings. The number of ether oxygens (including phenoxy) is 2. The van der Waals surface area contributed by atoms with Gasteiger partial charge in [-0.05, 0) is 43.3 Å². The van der Waals surface area contributed by atoms with Gasteiger partial charge in [0.2, 0.25) is 10.0 Å². The number of rotatable bonds is 8. The van der Waals surface area contributed by atoms with E-state index in [-0.39, 0.29) is 11.3 Å². The summed E-state index contributed by atoms with van der Waals surface area (Å²) in [7, 11) is -3.56. The van der Waals surface area contributed by atoms with Gasteiger partial charge in [0, 0.05) is 5.69 Å². The molecule has 0 radical (unpaired) electrons. The number of amides is 1. The number of anilines is 2. The number of hydrogen-bond donors (Lipinski definition) is 2. The van der Waals surface area contributed by atoms with Crippen molar-refractivity contribution in [2.24, 2.45) is 0 Å². The first kappa shape index (κ1) is 20.2. The largest absolute Gasteiger partial charge is 0.494 e. The number of sulfonamides is 1. The van der Waals surface area contributed by atoms with Crippen molar-refractivity contribution in [2.45, 2.75) is 6.92 Å². The van der Waals surface area contributed by atoms with Gasteiger partial charge in [-0.25, -0.2) is 13.2 Å². The van der Waals surface area contributed by atoms with Crippen LogP contribution in [-0.4, -0.2) is 39.8 Å². The van der Waals surface area contributed by atoms with Crippen LogP contribution in [0.3, 0.4) is 0 Å². The lowest BCUT2D eigenvalue weighted by molar-refractivity contribution is -0.119. The molecule has 2 N–H and O–H groups in total. The van der Waals surface area contributed by atoms with E-state index in [0.717, 1.165) is 6.26 Å². The smallest absolute Gasteiger partial charge is 0.340 e. The van der Waals surface area contributed by atoms with Crippen molar-refractivity contribution < 1.29 is 27.5 Å². The van der Waals surface area contributed by atoms with Gasteiger partial charge in [0.05, 0.1) is 24.1 Å². The summed E-state index contributed by atoms with van der Waals surface area (Å²) in [5.41, 5.74) is 0.618. The fraction of sp³-hybridized carbons (Fsp3) is 0.222. The Kier molecular flexibility index (Phi) is 6.78. The first-order valence-electron chi connectivity index (χ1n) is 8.05. The maximum atomic E-state index is 12.2. The Bertz CT molecular complexity index is 910. The molecule has 0 aliphatic carbocycles. The minimum absolute atomic E-state index is 0.0109. The summed E-state index contributed by atoms with van der Waals surface area (Å²) in [5, 5.41) is 2.59. The van der Waals surface area contributed by atoms with Crippen LogP contribution in [-0.2, 0) is 19.6 Å². The molecule has 0 saturated carbocycles. The Morgan fingerprint density at radius 2 is 1.70 bits per heavy atom. The fourth-order valence-corrected chi connectivity index (χ4v) is 2.73. The molecule has 9 heteroatoms. The molecule has 0 bridgehead atoms. The molecule has 0 aliphatic heterocycles. The summed E-state index contributed by atoms with van der Waals surface area (Å²) in [6, 6.07) is 12.7. The predicted octanol–water partition coefficient (Wildman–Crippen LogP) is 2.25. The van der Waals surface area contributed by atoms with E-state index < -0.39 is 28.5 Å². The minimum Gasteiger partial charge on any atom is -0.494 e. The number of para-hydroxylation sites is 1. The summed E-state index contributed by atoms with van der Waals surface area (Å²) in [6.45, 7) is 1.89. The zero-order valence-electron chi connectivity index (χ0n) is 14.9. The Labute approximate surface area is 157 Å². The van der Waals surface area contributed by atoms with Gasteiger partial charge in [-0.3, -0.25) is 9.52 Å². The highest BCUT2D eigenvalue weighted by molar-refractivity contribution is 7.92. The van der Waals surface area contributed by atoms with Crippen molar-refractivity contribution in [2.75, 3.05) is 29.5 Å². The van der Waals surface area contributed by atoms with Crippen LogP contribution >= 0.6 is 0 Å². The van der Waals surface area contributed by atoms with E-state index in [1.807, 2.05) is 6.92 Å². The molecular formula is C18H20N2O6S. The van der Waals surface area contributed by atoms with E-state index in [1.165, 1.54) is 12.1 Å². The summed E-state index contributed by atoms with van der Waals surface area (Å²) >= 11 is 0. The Morgan fingerprint density at radius 3 is 2.33 bits per heavy atom. The molecule has 144 valence electrons. The van der Waals surface area contributed by atoms with Crippen LogP contribution in [0, 0.1) is 0 Å². The summed E-state index contributed by atoms with van der Waals surface area (Å²) in [5.74, 6) is -0.665. The van der Waals surface area contributed by atoms with Gasteiger partial charge < -0.3 is 14.8 Å². The molecule has 1 amide bonds. The standard InChI is InChI=1S/C18H20N2O6S/c1-3-25-14-10-8-13(9-11-14)19-17(21)12-26-18(22)15-6-4-5-7-16(15)20-27(2,23)24/h4-11,20H,3,12H2,1-2H3,(H,19,21). The lowest BCUT2D eigenvalue weighted by Gasteiger charge is -2.11. The Hall–Kier alpha value is -3.07. The first-order valence-corrected chi connectivity index (χ1v) is 9.94. The summed E-state index contributed by atoms with van der Waals surface area (Å²) < 4.78 is 35.3. The summed E-state index contributed by atoms with van der Waals surface area (Å²) in [4.78, 5) is 24.1. The molecule has 2 rings (SSSR count). The molecule has 0 saturated heterocycles. The normalized spacial score (nSPS) is 10.7. The van der Waals surface area contributed by atoms with Crippen molar-refractivity contribution in [3.63, 3.8) is 0 Å². The van der Waals surface area contributed by atoms with Crippen LogP contribution in [0.4, 0.5) is 11.4 Å². The SMILES string of the molecule is CCOc1ccc(NC(=O)COC(=O)c2ccccc2NS(C)(=O)=O)cc1. The minimum atomic E-state index is -3.56. The predicted molar refractivity (Wildman–Crippen MR) is 101 cm³/mol. The lowest BCUT2D eigenvalue weighted by Crippen LogP contribution is -2.21. The number of nitrogens with one attached hydrogen (secondary N) is 2. The maximum absolute atomic E-state index is 12.2. The molecule has 0 aromatic heterocycles. The molecule has 0 spiro atoms. The number of benzene rings is 2. The van der Waals surface area contributed by atoms with Gasteiger partial charge in [0.15, 0.2) is 6.61 Å². The number of carbonyl (C=O) groups is 2. The molecule has 27 heavy (non-hydrogen) atoms. The van der Waals surface area contributed by atoms with Gasteiger partial charge >= 0.3 is 5.97 Å². The van der Waals surface area contributed by atoms with Gasteiger partial charge in [-0.1, -0.05) is 12.1 Å². The third-order valence-electron chi connectivity index (χ3n) is 3.23. The van der Waals surface area contributed by atoms with Crippen molar-refractivity contribution in [3.05, 3.63) is 54.1 Å². The van der Waals surface area contributed by atoms with Gasteiger partial charge in [-0.15, -0.1) is 0 Å². The van der Waals surface area contributed by atoms with Gasteiger partial charge in [0.1, 0.15) is 5.75 Å². The average Bonchev–Trinajstić information content (AvgIpc) is 2.61.